The van der Waals surface area contributed by atoms with E-state index in [1.54, 1.807) is 24.3 Å². The number of carbonyl (C=O) groups is 2. The highest BCUT2D eigenvalue weighted by Gasteiger charge is 2.07. The van der Waals surface area contributed by atoms with Crippen molar-refractivity contribution in [1.29, 1.82) is 0 Å². The van der Waals surface area contributed by atoms with Gasteiger partial charge in [-0.15, -0.1) is 0 Å². The molecule has 0 aliphatic rings. The molecule has 23 heavy (non-hydrogen) atoms. The van der Waals surface area contributed by atoms with E-state index in [0.29, 0.717) is 17.7 Å². The topological polar surface area (TPSA) is 58.2 Å². The third-order valence-electron chi connectivity index (χ3n) is 3.46. The first-order chi connectivity index (χ1) is 11.1. The van der Waals surface area contributed by atoms with Crippen molar-refractivity contribution in [2.24, 2.45) is 0 Å². The van der Waals surface area contributed by atoms with Crippen LogP contribution in [-0.4, -0.2) is 11.8 Å². The number of hydrogen-bond donors (Lipinski definition) is 2. The molecule has 0 fully saturated rings. The van der Waals surface area contributed by atoms with Crippen LogP contribution in [0.3, 0.4) is 0 Å². The van der Waals surface area contributed by atoms with Crippen LogP contribution in [0.2, 0.25) is 0 Å². The number of nitrogens with one attached hydrogen (secondary N) is 2. The van der Waals surface area contributed by atoms with Crippen LogP contribution in [0.25, 0.3) is 0 Å². The minimum atomic E-state index is -0.167. The Bertz CT molecular complexity index is 678. The number of rotatable bonds is 6. The fourth-order valence-corrected chi connectivity index (χ4v) is 2.19. The molecule has 0 aliphatic heterocycles. The van der Waals surface area contributed by atoms with Gasteiger partial charge in [-0.3, -0.25) is 9.59 Å². The maximum atomic E-state index is 12.2. The van der Waals surface area contributed by atoms with Crippen molar-refractivity contribution < 1.29 is 9.59 Å². The smallest absolute Gasteiger partial charge is 0.255 e. The maximum Gasteiger partial charge on any atom is 0.255 e. The van der Waals surface area contributed by atoms with Gasteiger partial charge in [0.05, 0.1) is 0 Å². The first-order valence-corrected chi connectivity index (χ1v) is 7.86. The summed E-state index contributed by atoms with van der Waals surface area (Å²) in [5.41, 5.74) is 3.12. The molecule has 120 valence electrons. The van der Waals surface area contributed by atoms with Crippen molar-refractivity contribution in [3.8, 4) is 0 Å². The molecule has 4 nitrogen and oxygen atoms in total. The van der Waals surface area contributed by atoms with Gasteiger partial charge in [-0.1, -0.05) is 25.5 Å². The number of benzene rings is 2. The summed E-state index contributed by atoms with van der Waals surface area (Å²) in [6.45, 7) is 4.03. The van der Waals surface area contributed by atoms with Gasteiger partial charge in [0.1, 0.15) is 0 Å². The third kappa shape index (κ3) is 5.25. The van der Waals surface area contributed by atoms with Crippen molar-refractivity contribution in [3.63, 3.8) is 0 Å². The second kappa shape index (κ2) is 8.13. The Morgan fingerprint density at radius 1 is 0.957 bits per heavy atom. The summed E-state index contributed by atoms with van der Waals surface area (Å²) in [7, 11) is 0. The van der Waals surface area contributed by atoms with Crippen LogP contribution in [-0.2, 0) is 4.79 Å². The molecule has 0 bridgehead atoms. The van der Waals surface area contributed by atoms with Crippen LogP contribution in [0, 0.1) is 6.92 Å². The van der Waals surface area contributed by atoms with Crippen molar-refractivity contribution in [2.75, 3.05) is 10.6 Å². The molecular formula is C19H22N2O2. The first kappa shape index (κ1) is 16.7. The van der Waals surface area contributed by atoms with E-state index in [4.69, 9.17) is 0 Å². The summed E-state index contributed by atoms with van der Waals surface area (Å²) in [4.78, 5) is 23.9. The van der Waals surface area contributed by atoms with Crippen LogP contribution >= 0.6 is 0 Å². The summed E-state index contributed by atoms with van der Waals surface area (Å²) in [5.74, 6) is -0.164. The van der Waals surface area contributed by atoms with Gasteiger partial charge in [-0.2, -0.15) is 0 Å². The number of amides is 2. The zero-order valence-electron chi connectivity index (χ0n) is 13.6. The molecule has 0 spiro atoms. The Balaban J connectivity index is 1.96. The molecule has 2 aromatic rings. The van der Waals surface area contributed by atoms with Crippen LogP contribution in [0.15, 0.2) is 48.5 Å². The number of hydrogen-bond acceptors (Lipinski definition) is 2. The summed E-state index contributed by atoms with van der Waals surface area (Å²) >= 11 is 0. The van der Waals surface area contributed by atoms with Crippen molar-refractivity contribution in [3.05, 3.63) is 59.7 Å². The summed E-state index contributed by atoms with van der Waals surface area (Å²) in [6.07, 6.45) is 2.39. The maximum absolute atomic E-state index is 12.2. The minimum absolute atomic E-state index is 0.00353. The highest BCUT2D eigenvalue weighted by Crippen LogP contribution is 2.14. The molecular weight excluding hydrogens is 288 g/mol. The van der Waals surface area contributed by atoms with E-state index in [0.717, 1.165) is 24.1 Å². The predicted molar refractivity (Wildman–Crippen MR) is 93.7 cm³/mol. The summed E-state index contributed by atoms with van der Waals surface area (Å²) < 4.78 is 0. The Morgan fingerprint density at radius 3 is 2.35 bits per heavy atom. The lowest BCUT2D eigenvalue weighted by Crippen LogP contribution is -2.13. The van der Waals surface area contributed by atoms with Crippen molar-refractivity contribution >= 4 is 23.2 Å². The average molecular weight is 310 g/mol. The molecule has 0 heterocycles. The fraction of sp³-hybridized carbons (Fsp3) is 0.263. The lowest BCUT2D eigenvalue weighted by Gasteiger charge is -2.08. The molecule has 0 atom stereocenters. The minimum Gasteiger partial charge on any atom is -0.326 e. The summed E-state index contributed by atoms with van der Waals surface area (Å²) in [6, 6.07) is 14.6. The predicted octanol–water partition coefficient (Wildman–Crippen LogP) is 4.38. The van der Waals surface area contributed by atoms with Gasteiger partial charge in [-0.05, 0) is 55.3 Å². The molecule has 4 heteroatoms. The van der Waals surface area contributed by atoms with Gasteiger partial charge in [0.2, 0.25) is 5.91 Å². The highest BCUT2D eigenvalue weighted by atomic mass is 16.2. The van der Waals surface area contributed by atoms with Gasteiger partial charge < -0.3 is 10.6 Å². The molecule has 2 N–H and O–H groups in total. The highest BCUT2D eigenvalue weighted by molar-refractivity contribution is 6.04. The van der Waals surface area contributed by atoms with Crippen LogP contribution in [0.5, 0.6) is 0 Å². The Hall–Kier alpha value is -2.62. The zero-order chi connectivity index (χ0) is 16.7. The molecule has 2 rings (SSSR count). The van der Waals surface area contributed by atoms with Gasteiger partial charge in [0.15, 0.2) is 0 Å². The average Bonchev–Trinajstić information content (AvgIpc) is 2.53. The monoisotopic (exact) mass is 310 g/mol. The van der Waals surface area contributed by atoms with E-state index < -0.39 is 0 Å². The van der Waals surface area contributed by atoms with Gasteiger partial charge >= 0.3 is 0 Å². The van der Waals surface area contributed by atoms with Crippen molar-refractivity contribution in [1.82, 2.24) is 0 Å². The largest absolute Gasteiger partial charge is 0.326 e. The third-order valence-corrected chi connectivity index (χ3v) is 3.46. The van der Waals surface area contributed by atoms with E-state index in [1.165, 1.54) is 0 Å². The zero-order valence-corrected chi connectivity index (χ0v) is 13.6. The van der Waals surface area contributed by atoms with E-state index in [2.05, 4.69) is 17.6 Å². The molecule has 0 aliphatic carbocycles. The molecule has 0 radical (unpaired) electrons. The Kier molecular flexibility index (Phi) is 5.92. The fourth-order valence-electron chi connectivity index (χ4n) is 2.19. The van der Waals surface area contributed by atoms with E-state index in [1.807, 2.05) is 31.2 Å². The quantitative estimate of drug-likeness (QED) is 0.832. The van der Waals surface area contributed by atoms with E-state index in [-0.39, 0.29) is 11.8 Å². The molecule has 0 unspecified atom stereocenters. The summed E-state index contributed by atoms with van der Waals surface area (Å²) in [5, 5.41) is 5.69. The second-order valence-corrected chi connectivity index (χ2v) is 5.55. The lowest BCUT2D eigenvalue weighted by molar-refractivity contribution is -0.116. The van der Waals surface area contributed by atoms with Gasteiger partial charge in [0, 0.05) is 23.4 Å². The van der Waals surface area contributed by atoms with E-state index in [9.17, 15) is 9.59 Å². The standard InChI is InChI=1S/C19H22N2O2/c1-3-4-8-18(22)20-16-11-9-15(10-12-16)19(23)21-17-7-5-6-14(2)13-17/h5-7,9-13H,3-4,8H2,1-2H3,(H,20,22)(H,21,23). The van der Waals surface area contributed by atoms with Crippen LogP contribution < -0.4 is 10.6 Å². The second-order valence-electron chi connectivity index (χ2n) is 5.55. The number of aryl methyl sites for hydroxylation is 1. The van der Waals surface area contributed by atoms with Crippen LogP contribution in [0.4, 0.5) is 11.4 Å². The van der Waals surface area contributed by atoms with E-state index >= 15 is 0 Å². The SMILES string of the molecule is CCCCC(=O)Nc1ccc(C(=O)Nc2cccc(C)c2)cc1. The molecule has 2 aromatic carbocycles. The Morgan fingerprint density at radius 2 is 1.70 bits per heavy atom. The van der Waals surface area contributed by atoms with Crippen molar-refractivity contribution in [2.45, 2.75) is 33.1 Å². The van der Waals surface area contributed by atoms with Crippen LogP contribution in [0.1, 0.15) is 42.1 Å². The normalized spacial score (nSPS) is 10.2. The molecule has 2 amide bonds. The number of carbonyl (C=O) groups excluding carboxylic acids is 2. The van der Waals surface area contributed by atoms with Gasteiger partial charge in [0.25, 0.3) is 5.91 Å². The number of unbranched alkanes of at least 4 members (excludes halogenated alkanes) is 1. The number of anilines is 2. The Labute approximate surface area is 136 Å². The van der Waals surface area contributed by atoms with Gasteiger partial charge in [-0.25, -0.2) is 0 Å². The molecule has 0 aromatic heterocycles. The first-order valence-electron chi connectivity index (χ1n) is 7.86. The molecule has 0 saturated carbocycles. The lowest BCUT2D eigenvalue weighted by atomic mass is 10.1. The molecule has 0 saturated heterocycles.